The fourth-order valence-corrected chi connectivity index (χ4v) is 4.65. The summed E-state index contributed by atoms with van der Waals surface area (Å²) < 4.78 is 5.43. The molecule has 0 spiro atoms. The first-order valence-electron chi connectivity index (χ1n) is 12.8. The van der Waals surface area contributed by atoms with Crippen molar-refractivity contribution in [3.8, 4) is 17.3 Å². The van der Waals surface area contributed by atoms with Crippen molar-refractivity contribution in [2.75, 3.05) is 38.2 Å². The Labute approximate surface area is 218 Å². The summed E-state index contributed by atoms with van der Waals surface area (Å²) in [4.78, 5) is 14.8. The summed E-state index contributed by atoms with van der Waals surface area (Å²) in [6.45, 7) is 6.93. The van der Waals surface area contributed by atoms with E-state index in [9.17, 15) is 5.26 Å². The number of nitrogens with zero attached hydrogens (tertiary/aromatic N) is 4. The number of hydrogen-bond donors (Lipinski definition) is 2. The minimum atomic E-state index is 0.399. The number of H-pyrrole nitrogens is 1. The first kappa shape index (κ1) is 24.7. The lowest BCUT2D eigenvalue weighted by molar-refractivity contribution is 0.0384. The molecule has 0 radical (unpaired) electrons. The van der Waals surface area contributed by atoms with Gasteiger partial charge in [-0.25, -0.2) is 9.97 Å². The van der Waals surface area contributed by atoms with Crippen molar-refractivity contribution >= 4 is 11.6 Å². The topological polar surface area (TPSA) is 89.9 Å². The second kappa shape index (κ2) is 11.8. The van der Waals surface area contributed by atoms with E-state index < -0.39 is 0 Å². The number of rotatable bonds is 9. The normalized spacial score (nSPS) is 14.7. The van der Waals surface area contributed by atoms with E-state index in [1.54, 1.807) is 6.20 Å². The third-order valence-electron chi connectivity index (χ3n) is 6.86. The fourth-order valence-electron chi connectivity index (χ4n) is 4.65. The molecule has 0 amide bonds. The molecule has 2 aromatic carbocycles. The third-order valence-corrected chi connectivity index (χ3v) is 6.86. The zero-order valence-corrected chi connectivity index (χ0v) is 21.2. The quantitative estimate of drug-likeness (QED) is 0.329. The maximum atomic E-state index is 9.65. The van der Waals surface area contributed by atoms with Crippen LogP contribution >= 0.6 is 0 Å². The highest BCUT2D eigenvalue weighted by Crippen LogP contribution is 2.26. The highest BCUT2D eigenvalue weighted by atomic mass is 16.5. The molecule has 0 aliphatic carbocycles. The van der Waals surface area contributed by atoms with Gasteiger partial charge >= 0.3 is 0 Å². The average molecular weight is 493 g/mol. The Morgan fingerprint density at radius 2 is 1.81 bits per heavy atom. The first-order valence-corrected chi connectivity index (χ1v) is 12.8. The molecule has 1 unspecified atom stereocenters. The molecule has 1 aliphatic rings. The van der Waals surface area contributed by atoms with Gasteiger partial charge in [0.2, 0.25) is 5.95 Å². The first-order chi connectivity index (χ1) is 18.2. The lowest BCUT2D eigenvalue weighted by Crippen LogP contribution is -2.37. The Hall–Kier alpha value is -3.99. The van der Waals surface area contributed by atoms with E-state index in [0.29, 0.717) is 23.1 Å². The number of hydrogen-bond acceptors (Lipinski definition) is 6. The maximum Gasteiger partial charge on any atom is 0.227 e. The highest BCUT2D eigenvalue weighted by Gasteiger charge is 2.13. The van der Waals surface area contributed by atoms with Gasteiger partial charge in [0.1, 0.15) is 6.07 Å². The van der Waals surface area contributed by atoms with Crippen LogP contribution in [-0.2, 0) is 17.6 Å². The van der Waals surface area contributed by atoms with Crippen molar-refractivity contribution in [3.05, 3.63) is 95.4 Å². The van der Waals surface area contributed by atoms with Crippen LogP contribution < -0.4 is 5.32 Å². The van der Waals surface area contributed by atoms with Gasteiger partial charge < -0.3 is 15.0 Å². The molecule has 7 heteroatoms. The third kappa shape index (κ3) is 6.42. The Morgan fingerprint density at radius 1 is 1.05 bits per heavy atom. The van der Waals surface area contributed by atoms with E-state index in [0.717, 1.165) is 56.9 Å². The molecular weight excluding hydrogens is 460 g/mol. The van der Waals surface area contributed by atoms with Crippen LogP contribution in [0, 0.1) is 11.3 Å². The number of anilines is 2. The zero-order chi connectivity index (χ0) is 25.5. The van der Waals surface area contributed by atoms with Crippen molar-refractivity contribution < 1.29 is 4.74 Å². The van der Waals surface area contributed by atoms with E-state index in [1.165, 1.54) is 16.8 Å². The Morgan fingerprint density at radius 3 is 2.51 bits per heavy atom. The molecule has 4 aromatic rings. The van der Waals surface area contributed by atoms with Crippen molar-refractivity contribution in [2.45, 2.75) is 25.7 Å². The largest absolute Gasteiger partial charge is 0.379 e. The standard InChI is InChI=1S/C30H32N6O/c1-22(28-3-2-13-32-28)19-24-4-8-25(9-5-24)29-26(20-31)21-33-30(35-29)34-27-10-6-23(7-11-27)12-14-36-15-17-37-18-16-36/h2-11,13,21-22,32H,12,14-19H2,1H3,(H,33,34,35). The molecule has 0 saturated carbocycles. The summed E-state index contributed by atoms with van der Waals surface area (Å²) in [5.41, 5.74) is 6.67. The second-order valence-corrected chi connectivity index (χ2v) is 9.52. The summed E-state index contributed by atoms with van der Waals surface area (Å²) in [5.74, 6) is 0.871. The molecule has 0 bridgehead atoms. The SMILES string of the molecule is CC(Cc1ccc(-c2nc(Nc3ccc(CCN4CCOCC4)cc3)ncc2C#N)cc1)c1ccc[nH]1. The van der Waals surface area contributed by atoms with Crippen LogP contribution in [0.15, 0.2) is 73.1 Å². The van der Waals surface area contributed by atoms with Crippen LogP contribution in [0.2, 0.25) is 0 Å². The Kier molecular flexibility index (Phi) is 7.90. The smallest absolute Gasteiger partial charge is 0.227 e. The Balaban J connectivity index is 1.24. The number of ether oxygens (including phenoxy) is 1. The molecule has 188 valence electrons. The molecule has 37 heavy (non-hydrogen) atoms. The zero-order valence-electron chi connectivity index (χ0n) is 21.2. The van der Waals surface area contributed by atoms with Gasteiger partial charge in [0.15, 0.2) is 0 Å². The van der Waals surface area contributed by atoms with E-state index in [4.69, 9.17) is 9.72 Å². The lowest BCUT2D eigenvalue weighted by atomic mass is 9.96. The van der Waals surface area contributed by atoms with Gasteiger partial charge in [-0.15, -0.1) is 0 Å². The van der Waals surface area contributed by atoms with E-state index in [-0.39, 0.29) is 0 Å². The molecule has 5 rings (SSSR count). The molecule has 1 atom stereocenters. The maximum absolute atomic E-state index is 9.65. The van der Waals surface area contributed by atoms with Crippen LogP contribution in [0.4, 0.5) is 11.6 Å². The van der Waals surface area contributed by atoms with Crippen LogP contribution in [-0.4, -0.2) is 52.7 Å². The molecule has 2 aromatic heterocycles. The summed E-state index contributed by atoms with van der Waals surface area (Å²) in [5, 5.41) is 12.9. The molecule has 1 fully saturated rings. The minimum Gasteiger partial charge on any atom is -0.379 e. The number of benzene rings is 2. The van der Waals surface area contributed by atoms with Gasteiger partial charge in [-0.1, -0.05) is 43.3 Å². The van der Waals surface area contributed by atoms with E-state index in [1.807, 2.05) is 24.4 Å². The predicted molar refractivity (Wildman–Crippen MR) is 146 cm³/mol. The number of aromatic nitrogens is 3. The van der Waals surface area contributed by atoms with Gasteiger partial charge in [0, 0.05) is 48.7 Å². The van der Waals surface area contributed by atoms with E-state index >= 15 is 0 Å². The van der Waals surface area contributed by atoms with Crippen molar-refractivity contribution in [2.24, 2.45) is 0 Å². The van der Waals surface area contributed by atoms with Crippen molar-refractivity contribution in [1.29, 1.82) is 5.26 Å². The number of morpholine rings is 1. The highest BCUT2D eigenvalue weighted by molar-refractivity contribution is 5.68. The van der Waals surface area contributed by atoms with Gasteiger partial charge in [0.05, 0.1) is 30.7 Å². The van der Waals surface area contributed by atoms with Crippen LogP contribution in [0.25, 0.3) is 11.3 Å². The van der Waals surface area contributed by atoms with E-state index in [2.05, 4.69) is 75.6 Å². The summed E-state index contributed by atoms with van der Waals surface area (Å²) >= 11 is 0. The number of nitriles is 1. The predicted octanol–water partition coefficient (Wildman–Crippen LogP) is 5.31. The number of nitrogens with one attached hydrogen (secondary N) is 2. The second-order valence-electron chi connectivity index (χ2n) is 9.52. The summed E-state index contributed by atoms with van der Waals surface area (Å²) in [6, 6.07) is 23.1. The molecule has 7 nitrogen and oxygen atoms in total. The molecule has 1 aliphatic heterocycles. The van der Waals surface area contributed by atoms with Gasteiger partial charge in [-0.2, -0.15) is 5.26 Å². The lowest BCUT2D eigenvalue weighted by Gasteiger charge is -2.26. The summed E-state index contributed by atoms with van der Waals surface area (Å²) in [6.07, 6.45) is 5.49. The van der Waals surface area contributed by atoms with Crippen LogP contribution in [0.3, 0.4) is 0 Å². The van der Waals surface area contributed by atoms with Gasteiger partial charge in [0.25, 0.3) is 0 Å². The molecule has 2 N–H and O–H groups in total. The van der Waals surface area contributed by atoms with Crippen LogP contribution in [0.5, 0.6) is 0 Å². The minimum absolute atomic E-state index is 0.399. The van der Waals surface area contributed by atoms with Crippen molar-refractivity contribution in [3.63, 3.8) is 0 Å². The number of aromatic amines is 1. The Bertz CT molecular complexity index is 1320. The van der Waals surface area contributed by atoms with Crippen LogP contribution in [0.1, 0.15) is 35.2 Å². The van der Waals surface area contributed by atoms with Crippen molar-refractivity contribution in [1.82, 2.24) is 19.9 Å². The molecular formula is C30H32N6O. The van der Waals surface area contributed by atoms with Gasteiger partial charge in [-0.05, 0) is 48.2 Å². The molecule has 3 heterocycles. The molecule has 1 saturated heterocycles. The monoisotopic (exact) mass is 492 g/mol. The summed E-state index contributed by atoms with van der Waals surface area (Å²) in [7, 11) is 0. The van der Waals surface area contributed by atoms with Gasteiger partial charge in [-0.3, -0.25) is 4.90 Å². The average Bonchev–Trinajstić information content (AvgIpc) is 3.49. The fraction of sp³-hybridized carbons (Fsp3) is 0.300.